The van der Waals surface area contributed by atoms with Gasteiger partial charge in [-0.1, -0.05) is 6.07 Å². The fourth-order valence-corrected chi connectivity index (χ4v) is 2.14. The summed E-state index contributed by atoms with van der Waals surface area (Å²) in [7, 11) is 0. The van der Waals surface area contributed by atoms with Crippen LogP contribution in [0.15, 0.2) is 28.7 Å². The second-order valence-corrected chi connectivity index (χ2v) is 4.95. The zero-order valence-electron chi connectivity index (χ0n) is 12.7. The molecule has 1 heterocycles. The molecule has 0 saturated carbocycles. The molecule has 6 heteroatoms. The summed E-state index contributed by atoms with van der Waals surface area (Å²) in [5.41, 5.74) is 6.93. The second-order valence-electron chi connectivity index (χ2n) is 4.95. The maximum Gasteiger partial charge on any atom is 0.259 e. The Morgan fingerprint density at radius 1 is 1.23 bits per heavy atom. The number of benzene rings is 1. The Balaban J connectivity index is 2.15. The number of amides is 2. The lowest BCUT2D eigenvalue weighted by Gasteiger charge is -2.08. The fourth-order valence-electron chi connectivity index (χ4n) is 2.14. The van der Waals surface area contributed by atoms with Gasteiger partial charge in [0.05, 0.1) is 5.56 Å². The molecule has 2 amide bonds. The molecule has 1 aromatic heterocycles. The lowest BCUT2D eigenvalue weighted by atomic mass is 10.1. The number of furan rings is 1. The van der Waals surface area contributed by atoms with Crippen molar-refractivity contribution in [3.05, 3.63) is 46.9 Å². The molecule has 0 aliphatic carbocycles. The van der Waals surface area contributed by atoms with Crippen LogP contribution < -0.4 is 15.8 Å². The summed E-state index contributed by atoms with van der Waals surface area (Å²) in [5, 5.41) is 2.79. The highest BCUT2D eigenvalue weighted by molar-refractivity contribution is 6.06. The number of hydrogen-bond acceptors (Lipinski definition) is 4. The third-order valence-electron chi connectivity index (χ3n) is 3.26. The maximum absolute atomic E-state index is 12.4. The summed E-state index contributed by atoms with van der Waals surface area (Å²) in [6.07, 6.45) is 0. The van der Waals surface area contributed by atoms with E-state index >= 15 is 0 Å². The molecule has 0 spiro atoms. The minimum Gasteiger partial charge on any atom is -0.484 e. The molecular weight excluding hydrogens is 284 g/mol. The number of anilines is 1. The molecule has 2 rings (SSSR count). The van der Waals surface area contributed by atoms with Gasteiger partial charge in [-0.25, -0.2) is 0 Å². The summed E-state index contributed by atoms with van der Waals surface area (Å²) in [6.45, 7) is 5.20. The van der Waals surface area contributed by atoms with Gasteiger partial charge in [0, 0.05) is 17.3 Å². The number of ether oxygens (including phenoxy) is 1. The van der Waals surface area contributed by atoms with Crippen molar-refractivity contribution in [3.8, 4) is 5.75 Å². The van der Waals surface area contributed by atoms with E-state index in [9.17, 15) is 9.59 Å². The smallest absolute Gasteiger partial charge is 0.259 e. The predicted octanol–water partition coefficient (Wildman–Crippen LogP) is 2.32. The van der Waals surface area contributed by atoms with Crippen LogP contribution in [0.1, 0.15) is 27.4 Å². The first kappa shape index (κ1) is 15.6. The van der Waals surface area contributed by atoms with Crippen molar-refractivity contribution in [2.75, 3.05) is 11.9 Å². The predicted molar refractivity (Wildman–Crippen MR) is 82.0 cm³/mol. The van der Waals surface area contributed by atoms with Crippen molar-refractivity contribution in [3.63, 3.8) is 0 Å². The molecular formula is C16H18N2O4. The van der Waals surface area contributed by atoms with Crippen molar-refractivity contribution in [1.82, 2.24) is 0 Å². The molecule has 0 atom stereocenters. The number of carbonyl (C=O) groups is 2. The van der Waals surface area contributed by atoms with E-state index in [1.54, 1.807) is 31.2 Å². The number of carbonyl (C=O) groups excluding carboxylic acids is 2. The first-order chi connectivity index (χ1) is 10.4. The minimum absolute atomic E-state index is 0.212. The van der Waals surface area contributed by atoms with E-state index in [0.29, 0.717) is 22.8 Å². The van der Waals surface area contributed by atoms with Gasteiger partial charge in [-0.3, -0.25) is 9.59 Å². The third kappa shape index (κ3) is 3.46. The van der Waals surface area contributed by atoms with Crippen molar-refractivity contribution in [2.24, 2.45) is 5.73 Å². The van der Waals surface area contributed by atoms with Crippen LogP contribution in [0.2, 0.25) is 0 Å². The molecule has 0 saturated heterocycles. The van der Waals surface area contributed by atoms with Crippen molar-refractivity contribution in [1.29, 1.82) is 0 Å². The number of aryl methyl sites for hydroxylation is 2. The highest BCUT2D eigenvalue weighted by Crippen LogP contribution is 2.23. The number of rotatable bonds is 5. The van der Waals surface area contributed by atoms with Crippen LogP contribution in [-0.4, -0.2) is 18.4 Å². The van der Waals surface area contributed by atoms with Crippen LogP contribution in [0.4, 0.5) is 5.69 Å². The van der Waals surface area contributed by atoms with Crippen LogP contribution in [-0.2, 0) is 4.79 Å². The number of nitrogens with one attached hydrogen (secondary N) is 1. The van der Waals surface area contributed by atoms with Crippen LogP contribution in [0.5, 0.6) is 5.75 Å². The second kappa shape index (κ2) is 6.34. The highest BCUT2D eigenvalue weighted by atomic mass is 16.5. The third-order valence-corrected chi connectivity index (χ3v) is 3.26. The molecule has 116 valence electrons. The summed E-state index contributed by atoms with van der Waals surface area (Å²) in [5.74, 6) is 0.941. The van der Waals surface area contributed by atoms with E-state index < -0.39 is 5.91 Å². The molecule has 0 bridgehead atoms. The van der Waals surface area contributed by atoms with Gasteiger partial charge >= 0.3 is 0 Å². The van der Waals surface area contributed by atoms with Gasteiger partial charge in [-0.05, 0) is 32.9 Å². The zero-order chi connectivity index (χ0) is 16.3. The number of nitrogens with two attached hydrogens (primary N) is 1. The molecule has 0 aliphatic heterocycles. The van der Waals surface area contributed by atoms with Crippen molar-refractivity contribution < 1.29 is 18.7 Å². The first-order valence-corrected chi connectivity index (χ1v) is 6.77. The lowest BCUT2D eigenvalue weighted by molar-refractivity contribution is -0.119. The summed E-state index contributed by atoms with van der Waals surface area (Å²) < 4.78 is 10.7. The standard InChI is InChI=1S/C16H18N2O4/c1-9-10(2)22-11(3)15(9)16(20)18-12-5-4-6-13(7-12)21-8-14(17)19/h4-7H,8H2,1-3H3,(H2,17,19)(H,18,20). The van der Waals surface area contributed by atoms with E-state index in [-0.39, 0.29) is 12.5 Å². The van der Waals surface area contributed by atoms with Gasteiger partial charge in [-0.2, -0.15) is 0 Å². The van der Waals surface area contributed by atoms with Crippen molar-refractivity contribution in [2.45, 2.75) is 20.8 Å². The quantitative estimate of drug-likeness (QED) is 0.886. The van der Waals surface area contributed by atoms with Crippen LogP contribution in [0.25, 0.3) is 0 Å². The van der Waals surface area contributed by atoms with E-state index in [1.165, 1.54) is 0 Å². The lowest BCUT2D eigenvalue weighted by Crippen LogP contribution is -2.20. The fraction of sp³-hybridized carbons (Fsp3) is 0.250. The van der Waals surface area contributed by atoms with Gasteiger partial charge < -0.3 is 20.2 Å². The average molecular weight is 302 g/mol. The zero-order valence-corrected chi connectivity index (χ0v) is 12.7. The molecule has 1 aromatic carbocycles. The van der Waals surface area contributed by atoms with Gasteiger partial charge in [0.1, 0.15) is 17.3 Å². The summed E-state index contributed by atoms with van der Waals surface area (Å²) in [4.78, 5) is 23.1. The number of primary amides is 1. The Labute approximate surface area is 128 Å². The van der Waals surface area contributed by atoms with Gasteiger partial charge in [-0.15, -0.1) is 0 Å². The minimum atomic E-state index is -0.561. The average Bonchev–Trinajstić information content (AvgIpc) is 2.70. The van der Waals surface area contributed by atoms with Gasteiger partial charge in [0.2, 0.25) is 0 Å². The van der Waals surface area contributed by atoms with Crippen LogP contribution in [0, 0.1) is 20.8 Å². The topological polar surface area (TPSA) is 94.6 Å². The molecule has 0 fully saturated rings. The molecule has 0 aliphatic rings. The monoisotopic (exact) mass is 302 g/mol. The van der Waals surface area contributed by atoms with Gasteiger partial charge in [0.15, 0.2) is 6.61 Å². The van der Waals surface area contributed by atoms with E-state index in [0.717, 1.165) is 11.3 Å². The molecule has 3 N–H and O–H groups in total. The number of hydrogen-bond donors (Lipinski definition) is 2. The first-order valence-electron chi connectivity index (χ1n) is 6.77. The molecule has 0 unspecified atom stereocenters. The SMILES string of the molecule is Cc1oc(C)c(C(=O)Nc2cccc(OCC(N)=O)c2)c1C. The van der Waals surface area contributed by atoms with E-state index in [2.05, 4.69) is 5.32 Å². The summed E-state index contributed by atoms with van der Waals surface area (Å²) >= 11 is 0. The Hall–Kier alpha value is -2.76. The van der Waals surface area contributed by atoms with E-state index in [1.807, 2.05) is 13.8 Å². The Bertz CT molecular complexity index is 719. The largest absolute Gasteiger partial charge is 0.484 e. The molecule has 22 heavy (non-hydrogen) atoms. The van der Waals surface area contributed by atoms with Crippen LogP contribution >= 0.6 is 0 Å². The summed E-state index contributed by atoms with van der Waals surface area (Å²) in [6, 6.07) is 6.74. The Kier molecular flexibility index (Phi) is 4.50. The highest BCUT2D eigenvalue weighted by Gasteiger charge is 2.18. The Morgan fingerprint density at radius 3 is 2.55 bits per heavy atom. The Morgan fingerprint density at radius 2 is 1.95 bits per heavy atom. The normalized spacial score (nSPS) is 10.3. The maximum atomic E-state index is 12.4. The molecule has 0 radical (unpaired) electrons. The van der Waals surface area contributed by atoms with Crippen molar-refractivity contribution >= 4 is 17.5 Å². The van der Waals surface area contributed by atoms with Gasteiger partial charge in [0.25, 0.3) is 11.8 Å². The van der Waals surface area contributed by atoms with E-state index in [4.69, 9.17) is 14.9 Å². The van der Waals surface area contributed by atoms with Crippen LogP contribution in [0.3, 0.4) is 0 Å². The molecule has 6 nitrogen and oxygen atoms in total. The molecule has 2 aromatic rings.